The maximum absolute atomic E-state index is 13.4. The van der Waals surface area contributed by atoms with E-state index in [9.17, 15) is 9.59 Å². The number of esters is 1. The van der Waals surface area contributed by atoms with E-state index in [0.29, 0.717) is 27.8 Å². The van der Waals surface area contributed by atoms with Crippen LogP contribution in [0.25, 0.3) is 11.1 Å². The van der Waals surface area contributed by atoms with Gasteiger partial charge in [-0.25, -0.2) is 4.79 Å². The van der Waals surface area contributed by atoms with E-state index >= 15 is 0 Å². The topological polar surface area (TPSA) is 88.7 Å². The maximum Gasteiger partial charge on any atom is 0.341 e. The molecule has 3 aromatic carbocycles. The average Bonchev–Trinajstić information content (AvgIpc) is 3.39. The molecule has 41 heavy (non-hydrogen) atoms. The molecule has 4 aromatic rings. The van der Waals surface area contributed by atoms with Gasteiger partial charge in [-0.2, -0.15) is 0 Å². The summed E-state index contributed by atoms with van der Waals surface area (Å²) in [7, 11) is 2.95. The molecule has 4 rings (SSSR count). The molecule has 7 nitrogen and oxygen atoms in total. The number of thiocarbonyl (C=S) groups is 1. The summed E-state index contributed by atoms with van der Waals surface area (Å²) in [5, 5.41) is 11.7. The van der Waals surface area contributed by atoms with E-state index in [4.69, 9.17) is 21.7 Å². The molecule has 1 atom stereocenters. The number of carbonyl (C=O) groups is 2. The molecule has 1 heterocycles. The lowest BCUT2D eigenvalue weighted by atomic mass is 10.0. The first-order valence-electron chi connectivity index (χ1n) is 12.9. The second-order valence-electron chi connectivity index (χ2n) is 9.02. The van der Waals surface area contributed by atoms with Gasteiger partial charge in [0.25, 0.3) is 0 Å². The Morgan fingerprint density at radius 2 is 1.73 bits per heavy atom. The highest BCUT2D eigenvalue weighted by Gasteiger charge is 2.25. The Hall–Kier alpha value is -3.86. The van der Waals surface area contributed by atoms with Crippen LogP contribution in [0.4, 0.5) is 16.4 Å². The van der Waals surface area contributed by atoms with Crippen LogP contribution in [-0.2, 0) is 9.53 Å². The van der Waals surface area contributed by atoms with Gasteiger partial charge in [0.1, 0.15) is 16.3 Å². The molecule has 0 radical (unpaired) electrons. The van der Waals surface area contributed by atoms with Crippen LogP contribution < -0.4 is 20.7 Å². The molecule has 0 fully saturated rings. The highest BCUT2D eigenvalue weighted by molar-refractivity contribution is 8.00. The van der Waals surface area contributed by atoms with Crippen molar-refractivity contribution in [1.29, 1.82) is 0 Å². The Morgan fingerprint density at radius 3 is 2.44 bits per heavy atom. The quantitative estimate of drug-likeness (QED) is 0.0957. The molecule has 0 spiro atoms. The van der Waals surface area contributed by atoms with Crippen LogP contribution in [0.2, 0.25) is 0 Å². The zero-order valence-corrected chi connectivity index (χ0v) is 25.6. The number of thioether (sulfide) groups is 1. The predicted octanol–water partition coefficient (Wildman–Crippen LogP) is 7.84. The Balaban J connectivity index is 1.46. The Labute approximate surface area is 253 Å². The molecular formula is C31H31N3O4S3. The van der Waals surface area contributed by atoms with Crippen molar-refractivity contribution in [3.63, 3.8) is 0 Å². The fraction of sp³-hybridized carbons (Fsp3) is 0.194. The highest BCUT2D eigenvalue weighted by atomic mass is 32.2. The third-order valence-corrected chi connectivity index (χ3v) is 8.63. The van der Waals surface area contributed by atoms with Gasteiger partial charge in [-0.15, -0.1) is 23.1 Å². The molecule has 0 aliphatic carbocycles. The van der Waals surface area contributed by atoms with Gasteiger partial charge in [0.2, 0.25) is 5.91 Å². The molecule has 0 bridgehead atoms. The van der Waals surface area contributed by atoms with Crippen LogP contribution in [0.3, 0.4) is 0 Å². The van der Waals surface area contributed by atoms with E-state index in [2.05, 4.69) is 16.0 Å². The van der Waals surface area contributed by atoms with Gasteiger partial charge in [-0.3, -0.25) is 4.79 Å². The van der Waals surface area contributed by atoms with Crippen molar-refractivity contribution in [1.82, 2.24) is 0 Å². The summed E-state index contributed by atoms with van der Waals surface area (Å²) < 4.78 is 10.4. The zero-order chi connectivity index (χ0) is 29.4. The molecule has 212 valence electrons. The SMILES string of the molecule is CCC(Sc1cccc(NC(=S)Nc2ccccc2OC)c1)C(=O)Nc1scc(-c2ccc(C)cc2)c1C(=O)OC. The Kier molecular flexibility index (Phi) is 10.4. The van der Waals surface area contributed by atoms with Crippen molar-refractivity contribution in [2.45, 2.75) is 30.4 Å². The minimum Gasteiger partial charge on any atom is -0.495 e. The average molecular weight is 606 g/mol. The lowest BCUT2D eigenvalue weighted by Crippen LogP contribution is -2.25. The number of rotatable bonds is 10. The van der Waals surface area contributed by atoms with Gasteiger partial charge in [-0.05, 0) is 61.5 Å². The third kappa shape index (κ3) is 7.66. The van der Waals surface area contributed by atoms with Crippen molar-refractivity contribution >= 4 is 68.7 Å². The Morgan fingerprint density at radius 1 is 0.976 bits per heavy atom. The molecule has 1 unspecified atom stereocenters. The molecule has 3 N–H and O–H groups in total. The standard InChI is InChI=1S/C31H31N3O4S3/c1-5-26(28(35)34-29-27(30(36)38-4)23(18-40-29)20-15-13-19(2)14-16-20)41-22-10-8-9-21(17-22)32-31(39)33-24-11-6-7-12-25(24)37-3/h6-18,26H,5H2,1-4H3,(H,34,35)(H2,32,33,39). The van der Waals surface area contributed by atoms with Crippen molar-refractivity contribution in [2.24, 2.45) is 0 Å². The van der Waals surface area contributed by atoms with Crippen molar-refractivity contribution in [3.8, 4) is 16.9 Å². The number of thiophene rings is 1. The van der Waals surface area contributed by atoms with E-state index in [-0.39, 0.29) is 11.2 Å². The van der Waals surface area contributed by atoms with E-state index in [1.54, 1.807) is 7.11 Å². The van der Waals surface area contributed by atoms with Crippen LogP contribution in [0.1, 0.15) is 29.3 Å². The van der Waals surface area contributed by atoms with E-state index in [1.165, 1.54) is 30.2 Å². The second kappa shape index (κ2) is 14.2. The van der Waals surface area contributed by atoms with Crippen LogP contribution in [0, 0.1) is 6.92 Å². The van der Waals surface area contributed by atoms with Crippen molar-refractivity contribution in [2.75, 3.05) is 30.2 Å². The van der Waals surface area contributed by atoms with E-state index in [0.717, 1.165) is 33.0 Å². The molecule has 0 saturated heterocycles. The van der Waals surface area contributed by atoms with Gasteiger partial charge in [0.05, 0.1) is 25.2 Å². The number of nitrogens with one attached hydrogen (secondary N) is 3. The summed E-state index contributed by atoms with van der Waals surface area (Å²) in [6.45, 7) is 3.96. The summed E-state index contributed by atoms with van der Waals surface area (Å²) >= 11 is 8.25. The summed E-state index contributed by atoms with van der Waals surface area (Å²) in [5.41, 5.74) is 4.63. The molecule has 10 heteroatoms. The lowest BCUT2D eigenvalue weighted by Gasteiger charge is -2.16. The number of amides is 1. The summed E-state index contributed by atoms with van der Waals surface area (Å²) in [6.07, 6.45) is 0.589. The van der Waals surface area contributed by atoms with Crippen LogP contribution in [0.15, 0.2) is 83.1 Å². The monoisotopic (exact) mass is 605 g/mol. The van der Waals surface area contributed by atoms with Gasteiger partial charge in [0, 0.05) is 21.5 Å². The number of methoxy groups -OCH3 is 2. The number of benzene rings is 3. The first-order chi connectivity index (χ1) is 19.8. The number of hydrogen-bond acceptors (Lipinski definition) is 7. The molecule has 0 aliphatic rings. The lowest BCUT2D eigenvalue weighted by molar-refractivity contribution is -0.115. The molecular weight excluding hydrogens is 575 g/mol. The van der Waals surface area contributed by atoms with Gasteiger partial charge >= 0.3 is 5.97 Å². The Bertz CT molecular complexity index is 1540. The highest BCUT2D eigenvalue weighted by Crippen LogP contribution is 2.37. The first kappa shape index (κ1) is 30.1. The summed E-state index contributed by atoms with van der Waals surface area (Å²) in [6, 6.07) is 23.1. The van der Waals surface area contributed by atoms with Gasteiger partial charge in [0.15, 0.2) is 5.11 Å². The largest absolute Gasteiger partial charge is 0.495 e. The van der Waals surface area contributed by atoms with Crippen molar-refractivity contribution < 1.29 is 19.1 Å². The molecule has 1 amide bonds. The number of hydrogen-bond donors (Lipinski definition) is 3. The fourth-order valence-corrected chi connectivity index (χ4v) is 6.26. The smallest absolute Gasteiger partial charge is 0.341 e. The van der Waals surface area contributed by atoms with Crippen LogP contribution in [0.5, 0.6) is 5.75 Å². The van der Waals surface area contributed by atoms with Gasteiger partial charge in [-0.1, -0.05) is 55.0 Å². The number of anilines is 3. The minimum absolute atomic E-state index is 0.188. The number of carbonyl (C=O) groups excluding carboxylic acids is 2. The summed E-state index contributed by atoms with van der Waals surface area (Å²) in [4.78, 5) is 27.0. The molecule has 1 aromatic heterocycles. The summed E-state index contributed by atoms with van der Waals surface area (Å²) in [5.74, 6) is 0.00539. The minimum atomic E-state index is -0.491. The predicted molar refractivity (Wildman–Crippen MR) is 174 cm³/mol. The van der Waals surface area contributed by atoms with Crippen LogP contribution >= 0.6 is 35.3 Å². The van der Waals surface area contributed by atoms with Gasteiger partial charge < -0.3 is 25.4 Å². The zero-order valence-electron chi connectivity index (χ0n) is 23.1. The number of para-hydroxylation sites is 2. The van der Waals surface area contributed by atoms with E-state index < -0.39 is 5.97 Å². The third-order valence-electron chi connectivity index (χ3n) is 6.17. The number of aryl methyl sites for hydroxylation is 1. The second-order valence-corrected chi connectivity index (χ2v) is 11.6. The number of ether oxygens (including phenoxy) is 2. The maximum atomic E-state index is 13.4. The first-order valence-corrected chi connectivity index (χ1v) is 15.0. The van der Waals surface area contributed by atoms with Crippen molar-refractivity contribution in [3.05, 3.63) is 89.3 Å². The fourth-order valence-electron chi connectivity index (χ4n) is 4.06. The normalized spacial score (nSPS) is 11.3. The van der Waals surface area contributed by atoms with Crippen LogP contribution in [-0.4, -0.2) is 36.5 Å². The molecule has 0 aliphatic heterocycles. The molecule has 0 saturated carbocycles. The van der Waals surface area contributed by atoms with E-state index in [1.807, 2.05) is 92.0 Å².